The molecule has 1 amide bonds. The van der Waals surface area contributed by atoms with Crippen molar-refractivity contribution >= 4 is 23.2 Å². The van der Waals surface area contributed by atoms with Crippen LogP contribution >= 0.6 is 11.6 Å². The smallest absolute Gasteiger partial charge is 0.232 e. The lowest BCUT2D eigenvalue weighted by Gasteiger charge is -2.16. The Morgan fingerprint density at radius 2 is 2.12 bits per heavy atom. The second-order valence-electron chi connectivity index (χ2n) is 6.33. The Balaban J connectivity index is 1.57. The molecular weight excluding hydrogens is 357 g/mol. The molecule has 1 unspecified atom stereocenters. The van der Waals surface area contributed by atoms with Crippen LogP contribution in [0, 0.1) is 12.7 Å². The van der Waals surface area contributed by atoms with E-state index in [-0.39, 0.29) is 16.8 Å². The number of nitrogens with zero attached hydrogens (tertiary/aromatic N) is 3. The Labute approximate surface area is 154 Å². The number of carbonyl (C=O) groups is 1. The first kappa shape index (κ1) is 16.7. The lowest BCUT2D eigenvalue weighted by Crippen LogP contribution is -2.24. The highest BCUT2D eigenvalue weighted by Gasteiger charge is 2.35. The highest BCUT2D eigenvalue weighted by molar-refractivity contribution is 6.31. The minimum Gasteiger partial charge on any atom is -0.339 e. The number of amides is 1. The molecule has 5 nitrogen and oxygen atoms in total. The van der Waals surface area contributed by atoms with Crippen LogP contribution < -0.4 is 4.90 Å². The zero-order valence-corrected chi connectivity index (χ0v) is 14.7. The van der Waals surface area contributed by atoms with Crippen LogP contribution in [0.15, 0.2) is 47.0 Å². The molecule has 2 aromatic carbocycles. The van der Waals surface area contributed by atoms with Crippen molar-refractivity contribution in [2.24, 2.45) is 0 Å². The molecule has 1 fully saturated rings. The van der Waals surface area contributed by atoms with Gasteiger partial charge >= 0.3 is 0 Å². The van der Waals surface area contributed by atoms with E-state index in [1.54, 1.807) is 4.90 Å². The van der Waals surface area contributed by atoms with Crippen LogP contribution in [-0.4, -0.2) is 22.6 Å². The predicted molar refractivity (Wildman–Crippen MR) is 95.6 cm³/mol. The van der Waals surface area contributed by atoms with Gasteiger partial charge in [0, 0.05) is 24.2 Å². The summed E-state index contributed by atoms with van der Waals surface area (Å²) in [5, 5.41) is 3.94. The SMILES string of the molecule is Cc1cccc(N2CC(c3nc(-c4ccc(F)c(Cl)c4)no3)CC2=O)c1. The Morgan fingerprint density at radius 3 is 2.88 bits per heavy atom. The molecule has 1 aliphatic heterocycles. The summed E-state index contributed by atoms with van der Waals surface area (Å²) in [6.45, 7) is 2.47. The van der Waals surface area contributed by atoms with Crippen molar-refractivity contribution in [3.05, 3.63) is 64.8 Å². The Hall–Kier alpha value is -2.73. The number of rotatable bonds is 3. The van der Waals surface area contributed by atoms with Crippen molar-refractivity contribution in [1.82, 2.24) is 10.1 Å². The molecule has 26 heavy (non-hydrogen) atoms. The number of carbonyl (C=O) groups excluding carboxylic acids is 1. The quantitative estimate of drug-likeness (QED) is 0.686. The first-order chi connectivity index (χ1) is 12.5. The second-order valence-corrected chi connectivity index (χ2v) is 6.74. The molecule has 4 rings (SSSR count). The van der Waals surface area contributed by atoms with E-state index >= 15 is 0 Å². The van der Waals surface area contributed by atoms with E-state index in [4.69, 9.17) is 16.1 Å². The van der Waals surface area contributed by atoms with Gasteiger partial charge in [-0.15, -0.1) is 0 Å². The standard InChI is InChI=1S/C19H15ClFN3O2/c1-11-3-2-4-14(7-11)24-10-13(9-17(24)25)19-22-18(23-26-19)12-5-6-16(21)15(20)8-12/h2-8,13H,9-10H2,1H3. The molecule has 0 bridgehead atoms. The molecule has 132 valence electrons. The van der Waals surface area contributed by atoms with Gasteiger partial charge in [0.2, 0.25) is 17.6 Å². The van der Waals surface area contributed by atoms with Crippen LogP contribution in [0.3, 0.4) is 0 Å². The first-order valence-corrected chi connectivity index (χ1v) is 8.55. The van der Waals surface area contributed by atoms with Gasteiger partial charge in [0.25, 0.3) is 0 Å². The summed E-state index contributed by atoms with van der Waals surface area (Å²) >= 11 is 5.80. The van der Waals surface area contributed by atoms with Crippen molar-refractivity contribution in [3.63, 3.8) is 0 Å². The first-order valence-electron chi connectivity index (χ1n) is 8.17. The number of benzene rings is 2. The number of hydrogen-bond donors (Lipinski definition) is 0. The van der Waals surface area contributed by atoms with Gasteiger partial charge in [0.15, 0.2) is 0 Å². The van der Waals surface area contributed by atoms with Gasteiger partial charge in [-0.3, -0.25) is 4.79 Å². The lowest BCUT2D eigenvalue weighted by atomic mass is 10.1. The summed E-state index contributed by atoms with van der Waals surface area (Å²) in [6.07, 6.45) is 0.305. The number of anilines is 1. The molecule has 1 atom stereocenters. The van der Waals surface area contributed by atoms with E-state index in [1.165, 1.54) is 18.2 Å². The molecule has 3 aromatic rings. The fraction of sp³-hybridized carbons (Fsp3) is 0.211. The molecular formula is C19H15ClFN3O2. The summed E-state index contributed by atoms with van der Waals surface area (Å²) < 4.78 is 18.7. The molecule has 1 saturated heterocycles. The van der Waals surface area contributed by atoms with Crippen molar-refractivity contribution < 1.29 is 13.7 Å². The highest BCUT2D eigenvalue weighted by atomic mass is 35.5. The monoisotopic (exact) mass is 371 g/mol. The maximum atomic E-state index is 13.3. The summed E-state index contributed by atoms with van der Waals surface area (Å²) in [5.74, 6) is 0.0481. The van der Waals surface area contributed by atoms with Crippen LogP contribution in [0.1, 0.15) is 23.8 Å². The van der Waals surface area contributed by atoms with E-state index in [1.807, 2.05) is 31.2 Å². The number of halogens is 2. The minimum atomic E-state index is -0.505. The topological polar surface area (TPSA) is 59.2 Å². The molecule has 1 aromatic heterocycles. The molecule has 7 heteroatoms. The van der Waals surface area contributed by atoms with Crippen molar-refractivity contribution in [1.29, 1.82) is 0 Å². The summed E-state index contributed by atoms with van der Waals surface area (Å²) in [5.41, 5.74) is 2.51. The van der Waals surface area contributed by atoms with Crippen LogP contribution in [0.25, 0.3) is 11.4 Å². The number of aryl methyl sites for hydroxylation is 1. The van der Waals surface area contributed by atoms with Crippen LogP contribution in [-0.2, 0) is 4.79 Å². The van der Waals surface area contributed by atoms with Gasteiger partial charge in [0.1, 0.15) is 5.82 Å². The molecule has 0 radical (unpaired) electrons. The maximum absolute atomic E-state index is 13.3. The average Bonchev–Trinajstić information content (AvgIpc) is 3.24. The van der Waals surface area contributed by atoms with E-state index in [9.17, 15) is 9.18 Å². The zero-order valence-electron chi connectivity index (χ0n) is 13.9. The normalized spacial score (nSPS) is 17.1. The zero-order chi connectivity index (χ0) is 18.3. The Morgan fingerprint density at radius 1 is 1.27 bits per heavy atom. The van der Waals surface area contributed by atoms with Crippen LogP contribution in [0.4, 0.5) is 10.1 Å². The molecule has 0 N–H and O–H groups in total. The predicted octanol–water partition coefficient (Wildman–Crippen LogP) is 4.36. The maximum Gasteiger partial charge on any atom is 0.232 e. The van der Waals surface area contributed by atoms with Crippen LogP contribution in [0.2, 0.25) is 5.02 Å². The summed E-state index contributed by atoms with van der Waals surface area (Å²) in [6, 6.07) is 12.0. The molecule has 0 spiro atoms. The second kappa shape index (κ2) is 6.53. The van der Waals surface area contributed by atoms with E-state index in [2.05, 4.69) is 10.1 Å². The third-order valence-corrected chi connectivity index (χ3v) is 4.70. The van der Waals surface area contributed by atoms with Crippen molar-refractivity contribution in [2.45, 2.75) is 19.3 Å². The summed E-state index contributed by atoms with van der Waals surface area (Å²) in [4.78, 5) is 18.5. The Kier molecular flexibility index (Phi) is 4.20. The van der Waals surface area contributed by atoms with Gasteiger partial charge < -0.3 is 9.42 Å². The minimum absolute atomic E-state index is 0.00415. The third kappa shape index (κ3) is 3.08. The van der Waals surface area contributed by atoms with E-state index in [0.717, 1.165) is 11.3 Å². The van der Waals surface area contributed by atoms with E-state index < -0.39 is 5.82 Å². The molecule has 0 aliphatic carbocycles. The molecule has 1 aliphatic rings. The number of aromatic nitrogens is 2. The van der Waals surface area contributed by atoms with Gasteiger partial charge in [-0.05, 0) is 42.8 Å². The Bertz CT molecular complexity index is 988. The largest absolute Gasteiger partial charge is 0.339 e. The summed E-state index contributed by atoms with van der Waals surface area (Å²) in [7, 11) is 0. The lowest BCUT2D eigenvalue weighted by molar-refractivity contribution is -0.117. The van der Waals surface area contributed by atoms with Crippen molar-refractivity contribution in [3.8, 4) is 11.4 Å². The third-order valence-electron chi connectivity index (χ3n) is 4.41. The fourth-order valence-electron chi connectivity index (χ4n) is 3.07. The van der Waals surface area contributed by atoms with Gasteiger partial charge in [-0.1, -0.05) is 28.9 Å². The average molecular weight is 372 g/mol. The molecule has 2 heterocycles. The van der Waals surface area contributed by atoms with Gasteiger partial charge in [-0.2, -0.15) is 4.98 Å². The van der Waals surface area contributed by atoms with E-state index in [0.29, 0.717) is 30.2 Å². The molecule has 0 saturated carbocycles. The highest BCUT2D eigenvalue weighted by Crippen LogP contribution is 2.32. The fourth-order valence-corrected chi connectivity index (χ4v) is 3.25. The number of hydrogen-bond acceptors (Lipinski definition) is 4. The van der Waals surface area contributed by atoms with Crippen LogP contribution in [0.5, 0.6) is 0 Å². The van der Waals surface area contributed by atoms with Gasteiger partial charge in [-0.25, -0.2) is 4.39 Å². The van der Waals surface area contributed by atoms with Crippen molar-refractivity contribution in [2.75, 3.05) is 11.4 Å². The van der Waals surface area contributed by atoms with Gasteiger partial charge in [0.05, 0.1) is 10.9 Å².